The Labute approximate surface area is 132 Å². The highest BCUT2D eigenvalue weighted by Gasteiger charge is 2.17. The number of methoxy groups -OCH3 is 1. The van der Waals surface area contributed by atoms with Gasteiger partial charge in [-0.15, -0.1) is 0 Å². The van der Waals surface area contributed by atoms with Gasteiger partial charge in [0.2, 0.25) is 0 Å². The van der Waals surface area contributed by atoms with Crippen molar-refractivity contribution in [2.75, 3.05) is 11.8 Å². The molecule has 0 atom stereocenters. The molecule has 8 heteroatoms. The van der Waals surface area contributed by atoms with Crippen LogP contribution in [0.4, 0.5) is 5.69 Å². The van der Waals surface area contributed by atoms with Crippen LogP contribution in [0, 0.1) is 0 Å². The van der Waals surface area contributed by atoms with Gasteiger partial charge >= 0.3 is 0 Å². The predicted molar refractivity (Wildman–Crippen MR) is 84.9 cm³/mol. The number of nitrogens with one attached hydrogen (secondary N) is 2. The van der Waals surface area contributed by atoms with Crippen LogP contribution in [0.2, 0.25) is 5.15 Å². The molecule has 2 N–H and O–H groups in total. The standard InChI is InChI=1S/C14H12ClN3O3S/c1-21-9-5-7-10(8-6-9)22(19,20)18-12-4-2-3-11-13(12)14(15)17-16-11/h2-8,18H,1H3,(H,16,17). The molecule has 6 nitrogen and oxygen atoms in total. The number of aromatic amines is 1. The Morgan fingerprint density at radius 2 is 1.91 bits per heavy atom. The van der Waals surface area contributed by atoms with Crippen LogP contribution in [-0.2, 0) is 10.0 Å². The van der Waals surface area contributed by atoms with Crippen molar-refractivity contribution in [2.45, 2.75) is 4.90 Å². The Bertz CT molecular complexity index is 920. The summed E-state index contributed by atoms with van der Waals surface area (Å²) < 4.78 is 32.5. The van der Waals surface area contributed by atoms with Crippen molar-refractivity contribution in [1.82, 2.24) is 10.2 Å². The molecule has 3 aromatic rings. The molecule has 0 amide bonds. The monoisotopic (exact) mass is 337 g/mol. The highest BCUT2D eigenvalue weighted by Crippen LogP contribution is 2.30. The smallest absolute Gasteiger partial charge is 0.261 e. The Balaban J connectivity index is 2.01. The molecule has 0 spiro atoms. The van der Waals surface area contributed by atoms with Crippen LogP contribution in [0.5, 0.6) is 5.75 Å². The van der Waals surface area contributed by atoms with Crippen molar-refractivity contribution < 1.29 is 13.2 Å². The molecule has 0 radical (unpaired) electrons. The van der Waals surface area contributed by atoms with Crippen LogP contribution in [0.15, 0.2) is 47.4 Å². The second-order valence-electron chi connectivity index (χ2n) is 4.52. The molecule has 0 unspecified atom stereocenters. The van der Waals surface area contributed by atoms with E-state index < -0.39 is 10.0 Å². The van der Waals surface area contributed by atoms with Gasteiger partial charge in [0, 0.05) is 0 Å². The van der Waals surface area contributed by atoms with E-state index in [1.807, 2.05) is 0 Å². The molecule has 22 heavy (non-hydrogen) atoms. The zero-order chi connectivity index (χ0) is 15.7. The number of hydrogen-bond donors (Lipinski definition) is 2. The third-order valence-electron chi connectivity index (χ3n) is 3.15. The van der Waals surface area contributed by atoms with Crippen molar-refractivity contribution >= 4 is 38.2 Å². The fourth-order valence-electron chi connectivity index (χ4n) is 2.07. The van der Waals surface area contributed by atoms with E-state index in [9.17, 15) is 8.42 Å². The van der Waals surface area contributed by atoms with Gasteiger partial charge in [0.15, 0.2) is 0 Å². The minimum Gasteiger partial charge on any atom is -0.497 e. The molecule has 0 aliphatic rings. The lowest BCUT2D eigenvalue weighted by Gasteiger charge is -2.09. The van der Waals surface area contributed by atoms with E-state index in [1.165, 1.54) is 19.2 Å². The maximum atomic E-state index is 12.5. The number of sulfonamides is 1. The highest BCUT2D eigenvalue weighted by molar-refractivity contribution is 7.92. The van der Waals surface area contributed by atoms with Gasteiger partial charge in [-0.2, -0.15) is 5.10 Å². The minimum absolute atomic E-state index is 0.130. The first-order chi connectivity index (χ1) is 10.5. The summed E-state index contributed by atoms with van der Waals surface area (Å²) in [5.41, 5.74) is 0.951. The molecule has 1 heterocycles. The molecule has 3 rings (SSSR count). The van der Waals surface area contributed by atoms with Gasteiger partial charge in [-0.3, -0.25) is 9.82 Å². The van der Waals surface area contributed by atoms with Crippen LogP contribution in [0.3, 0.4) is 0 Å². The summed E-state index contributed by atoms with van der Waals surface area (Å²) in [6, 6.07) is 11.2. The van der Waals surface area contributed by atoms with E-state index in [4.69, 9.17) is 16.3 Å². The fraction of sp³-hybridized carbons (Fsp3) is 0.0714. The summed E-state index contributed by atoms with van der Waals surface area (Å²) in [6.45, 7) is 0. The molecule has 0 fully saturated rings. The van der Waals surface area contributed by atoms with Crippen LogP contribution >= 0.6 is 11.6 Å². The predicted octanol–water partition coefficient (Wildman–Crippen LogP) is 3.03. The highest BCUT2D eigenvalue weighted by atomic mass is 35.5. The van der Waals surface area contributed by atoms with Crippen molar-refractivity contribution in [3.8, 4) is 5.75 Å². The van der Waals surface area contributed by atoms with Gasteiger partial charge in [0.1, 0.15) is 10.9 Å². The van der Waals surface area contributed by atoms with E-state index in [0.29, 0.717) is 22.3 Å². The second-order valence-corrected chi connectivity index (χ2v) is 6.58. The van der Waals surface area contributed by atoms with Gasteiger partial charge in [-0.05, 0) is 36.4 Å². The van der Waals surface area contributed by atoms with Gasteiger partial charge < -0.3 is 4.74 Å². The molecule has 0 saturated carbocycles. The summed E-state index contributed by atoms with van der Waals surface area (Å²) in [5, 5.41) is 7.43. The first-order valence-corrected chi connectivity index (χ1v) is 8.17. The number of anilines is 1. The number of hydrogen-bond acceptors (Lipinski definition) is 4. The van der Waals surface area contributed by atoms with E-state index in [1.54, 1.807) is 30.3 Å². The molecule has 1 aromatic heterocycles. The quantitative estimate of drug-likeness (QED) is 0.766. The Morgan fingerprint density at radius 1 is 1.18 bits per heavy atom. The maximum Gasteiger partial charge on any atom is 0.261 e. The summed E-state index contributed by atoms with van der Waals surface area (Å²) in [6.07, 6.45) is 0. The topological polar surface area (TPSA) is 84.1 Å². The second kappa shape index (κ2) is 5.51. The number of H-pyrrole nitrogens is 1. The first kappa shape index (κ1) is 14.7. The van der Waals surface area contributed by atoms with E-state index >= 15 is 0 Å². The summed E-state index contributed by atoms with van der Waals surface area (Å²) in [7, 11) is -2.21. The normalized spacial score (nSPS) is 11.5. The van der Waals surface area contributed by atoms with Crippen molar-refractivity contribution in [1.29, 1.82) is 0 Å². The average Bonchev–Trinajstić information content (AvgIpc) is 2.90. The van der Waals surface area contributed by atoms with Gasteiger partial charge in [0.05, 0.1) is 28.6 Å². The van der Waals surface area contributed by atoms with Crippen LogP contribution in [-0.4, -0.2) is 25.7 Å². The van der Waals surface area contributed by atoms with E-state index in [0.717, 1.165) is 0 Å². The minimum atomic E-state index is -3.73. The van der Waals surface area contributed by atoms with Crippen molar-refractivity contribution in [3.05, 3.63) is 47.6 Å². The van der Waals surface area contributed by atoms with Crippen molar-refractivity contribution in [3.63, 3.8) is 0 Å². The van der Waals surface area contributed by atoms with Crippen LogP contribution in [0.25, 0.3) is 10.9 Å². The number of rotatable bonds is 4. The van der Waals surface area contributed by atoms with Crippen LogP contribution in [0.1, 0.15) is 0 Å². The SMILES string of the molecule is COc1ccc(S(=O)(=O)Nc2cccc3n[nH]c(Cl)c23)cc1. The number of halogens is 1. The number of aromatic nitrogens is 2. The van der Waals surface area contributed by atoms with Gasteiger partial charge in [-0.1, -0.05) is 17.7 Å². The van der Waals surface area contributed by atoms with Crippen molar-refractivity contribution in [2.24, 2.45) is 0 Å². The molecule has 0 saturated heterocycles. The molecular weight excluding hydrogens is 326 g/mol. The average molecular weight is 338 g/mol. The van der Waals surface area contributed by atoms with E-state index in [2.05, 4.69) is 14.9 Å². The largest absolute Gasteiger partial charge is 0.497 e. The van der Waals surface area contributed by atoms with E-state index in [-0.39, 0.29) is 10.0 Å². The maximum absolute atomic E-state index is 12.5. The lowest BCUT2D eigenvalue weighted by molar-refractivity contribution is 0.414. The Morgan fingerprint density at radius 3 is 2.59 bits per heavy atom. The molecule has 0 bridgehead atoms. The Kier molecular flexibility index (Phi) is 3.67. The summed E-state index contributed by atoms with van der Waals surface area (Å²) in [4.78, 5) is 0.130. The van der Waals surface area contributed by atoms with Crippen LogP contribution < -0.4 is 9.46 Å². The zero-order valence-electron chi connectivity index (χ0n) is 11.5. The number of benzene rings is 2. The summed E-state index contributed by atoms with van der Waals surface area (Å²) in [5.74, 6) is 0.582. The Hall–Kier alpha value is -2.25. The number of ether oxygens (including phenoxy) is 1. The third-order valence-corrected chi connectivity index (χ3v) is 4.81. The van der Waals surface area contributed by atoms with Gasteiger partial charge in [0.25, 0.3) is 10.0 Å². The molecule has 0 aliphatic carbocycles. The zero-order valence-corrected chi connectivity index (χ0v) is 13.1. The van der Waals surface area contributed by atoms with Gasteiger partial charge in [-0.25, -0.2) is 8.42 Å². The molecule has 0 aliphatic heterocycles. The fourth-order valence-corrected chi connectivity index (χ4v) is 3.39. The number of fused-ring (bicyclic) bond motifs is 1. The summed E-state index contributed by atoms with van der Waals surface area (Å²) >= 11 is 6.02. The lowest BCUT2D eigenvalue weighted by atomic mass is 10.2. The lowest BCUT2D eigenvalue weighted by Crippen LogP contribution is -2.13. The number of nitrogens with zero attached hydrogens (tertiary/aromatic N) is 1. The third kappa shape index (κ3) is 2.60. The first-order valence-electron chi connectivity index (χ1n) is 6.31. The molecule has 2 aromatic carbocycles. The molecular formula is C14H12ClN3O3S. The molecule has 114 valence electrons.